The first-order chi connectivity index (χ1) is 9.25. The fourth-order valence-electron chi connectivity index (χ4n) is 1.89. The molecule has 0 bridgehead atoms. The van der Waals surface area contributed by atoms with Crippen LogP contribution in [0.1, 0.15) is 16.9 Å². The molecule has 2 N–H and O–H groups in total. The summed E-state index contributed by atoms with van der Waals surface area (Å²) in [6.07, 6.45) is 0.884. The molecule has 1 saturated heterocycles. The molecule has 1 aliphatic heterocycles. The minimum absolute atomic E-state index is 0.228. The fourth-order valence-corrected chi connectivity index (χ4v) is 1.89. The highest BCUT2D eigenvalue weighted by molar-refractivity contribution is 5.91. The third kappa shape index (κ3) is 4.46. The molecular formula is C12H18N4O3. The molecule has 0 radical (unpaired) electrons. The molecule has 0 aliphatic carbocycles. The van der Waals surface area contributed by atoms with Crippen LogP contribution in [0, 0.1) is 0 Å². The van der Waals surface area contributed by atoms with Crippen LogP contribution in [0.25, 0.3) is 0 Å². The number of morpholine rings is 1. The molecule has 7 nitrogen and oxygen atoms in total. The molecule has 0 spiro atoms. The summed E-state index contributed by atoms with van der Waals surface area (Å²) in [6, 6.07) is 2.70. The highest BCUT2D eigenvalue weighted by atomic mass is 16.5. The lowest BCUT2D eigenvalue weighted by Crippen LogP contribution is -2.38. The summed E-state index contributed by atoms with van der Waals surface area (Å²) < 4.78 is 5.26. The van der Waals surface area contributed by atoms with Gasteiger partial charge in [0.2, 0.25) is 0 Å². The number of H-pyrrole nitrogens is 1. The second-order valence-corrected chi connectivity index (χ2v) is 4.37. The van der Waals surface area contributed by atoms with Crippen LogP contribution in [0.2, 0.25) is 0 Å². The van der Waals surface area contributed by atoms with Crippen molar-refractivity contribution in [3.63, 3.8) is 0 Å². The van der Waals surface area contributed by atoms with E-state index in [9.17, 15) is 9.59 Å². The van der Waals surface area contributed by atoms with E-state index in [4.69, 9.17) is 4.74 Å². The molecule has 1 amide bonds. The summed E-state index contributed by atoms with van der Waals surface area (Å²) in [6.45, 7) is 5.02. The average molecular weight is 266 g/mol. The van der Waals surface area contributed by atoms with Gasteiger partial charge in [-0.2, -0.15) is 5.10 Å². The number of hydrogen-bond donors (Lipinski definition) is 2. The van der Waals surface area contributed by atoms with Gasteiger partial charge < -0.3 is 10.1 Å². The van der Waals surface area contributed by atoms with Crippen molar-refractivity contribution in [1.29, 1.82) is 0 Å². The van der Waals surface area contributed by atoms with Gasteiger partial charge in [0.1, 0.15) is 5.69 Å². The van der Waals surface area contributed by atoms with Crippen LogP contribution >= 0.6 is 0 Å². The first kappa shape index (κ1) is 13.7. The molecule has 2 rings (SSSR count). The van der Waals surface area contributed by atoms with Crippen LogP contribution in [0.3, 0.4) is 0 Å². The average Bonchev–Trinajstić information content (AvgIpc) is 2.45. The Labute approximate surface area is 110 Å². The number of aromatic nitrogens is 2. The Morgan fingerprint density at radius 3 is 2.89 bits per heavy atom. The molecular weight excluding hydrogens is 248 g/mol. The summed E-state index contributed by atoms with van der Waals surface area (Å²) in [5.41, 5.74) is -0.0881. The minimum atomic E-state index is -0.316. The topological polar surface area (TPSA) is 87.3 Å². The van der Waals surface area contributed by atoms with Crippen LogP contribution in [0.5, 0.6) is 0 Å². The lowest BCUT2D eigenvalue weighted by molar-refractivity contribution is 0.0374. The number of rotatable bonds is 5. The molecule has 1 aromatic heterocycles. The second kappa shape index (κ2) is 7.01. The number of carbonyl (C=O) groups excluding carboxylic acids is 1. The van der Waals surface area contributed by atoms with Gasteiger partial charge in [-0.1, -0.05) is 0 Å². The van der Waals surface area contributed by atoms with Gasteiger partial charge in [-0.15, -0.1) is 0 Å². The number of nitrogens with zero attached hydrogens (tertiary/aromatic N) is 2. The highest BCUT2D eigenvalue weighted by Gasteiger charge is 2.10. The predicted molar refractivity (Wildman–Crippen MR) is 69.1 cm³/mol. The molecule has 1 fully saturated rings. The van der Waals surface area contributed by atoms with Gasteiger partial charge in [0.15, 0.2) is 0 Å². The van der Waals surface area contributed by atoms with Crippen molar-refractivity contribution < 1.29 is 9.53 Å². The Balaban J connectivity index is 1.66. The van der Waals surface area contributed by atoms with E-state index in [1.165, 1.54) is 12.1 Å². The molecule has 0 aromatic carbocycles. The van der Waals surface area contributed by atoms with Crippen LogP contribution in [0.15, 0.2) is 16.9 Å². The minimum Gasteiger partial charge on any atom is -0.379 e. The first-order valence-electron chi connectivity index (χ1n) is 6.40. The van der Waals surface area contributed by atoms with E-state index >= 15 is 0 Å². The van der Waals surface area contributed by atoms with E-state index < -0.39 is 0 Å². The van der Waals surface area contributed by atoms with Crippen molar-refractivity contribution in [3.8, 4) is 0 Å². The Morgan fingerprint density at radius 2 is 2.21 bits per heavy atom. The maximum atomic E-state index is 11.7. The third-order valence-corrected chi connectivity index (χ3v) is 2.95. The number of hydrogen-bond acceptors (Lipinski definition) is 5. The zero-order valence-electron chi connectivity index (χ0n) is 10.7. The predicted octanol–water partition coefficient (Wildman–Crippen LogP) is -0.778. The number of amides is 1. The summed E-state index contributed by atoms with van der Waals surface area (Å²) >= 11 is 0. The molecule has 0 unspecified atom stereocenters. The van der Waals surface area contributed by atoms with E-state index in [0.29, 0.717) is 6.54 Å². The van der Waals surface area contributed by atoms with Crippen molar-refractivity contribution in [2.75, 3.05) is 39.4 Å². The van der Waals surface area contributed by atoms with Gasteiger partial charge in [-0.25, -0.2) is 5.10 Å². The smallest absolute Gasteiger partial charge is 0.271 e. The van der Waals surface area contributed by atoms with E-state index in [-0.39, 0.29) is 17.2 Å². The quantitative estimate of drug-likeness (QED) is 0.683. The van der Waals surface area contributed by atoms with Crippen molar-refractivity contribution >= 4 is 5.91 Å². The lowest BCUT2D eigenvalue weighted by Gasteiger charge is -2.26. The van der Waals surface area contributed by atoms with E-state index in [2.05, 4.69) is 20.4 Å². The van der Waals surface area contributed by atoms with Crippen molar-refractivity contribution in [1.82, 2.24) is 20.4 Å². The molecule has 2 heterocycles. The van der Waals surface area contributed by atoms with Gasteiger partial charge in [0.05, 0.1) is 13.2 Å². The molecule has 7 heteroatoms. The monoisotopic (exact) mass is 266 g/mol. The Kier molecular flexibility index (Phi) is 5.05. The van der Waals surface area contributed by atoms with Gasteiger partial charge in [-0.05, 0) is 19.0 Å². The molecule has 19 heavy (non-hydrogen) atoms. The third-order valence-electron chi connectivity index (χ3n) is 2.95. The summed E-state index contributed by atoms with van der Waals surface area (Å²) in [5.74, 6) is -0.266. The van der Waals surface area contributed by atoms with Crippen LogP contribution in [-0.4, -0.2) is 60.4 Å². The summed E-state index contributed by atoms with van der Waals surface area (Å²) in [4.78, 5) is 24.8. The maximum Gasteiger partial charge on any atom is 0.271 e. The number of carbonyl (C=O) groups is 1. The number of ether oxygens (including phenoxy) is 1. The van der Waals surface area contributed by atoms with Gasteiger partial charge in [0, 0.05) is 25.7 Å². The van der Waals surface area contributed by atoms with Crippen molar-refractivity contribution in [2.24, 2.45) is 0 Å². The molecule has 0 saturated carbocycles. The molecule has 104 valence electrons. The lowest BCUT2D eigenvalue weighted by atomic mass is 10.3. The Bertz CT molecular complexity index is 448. The van der Waals surface area contributed by atoms with E-state index in [1.54, 1.807) is 0 Å². The van der Waals surface area contributed by atoms with E-state index in [0.717, 1.165) is 39.3 Å². The van der Waals surface area contributed by atoms with E-state index in [1.807, 2.05) is 0 Å². The molecule has 1 aromatic rings. The van der Waals surface area contributed by atoms with Crippen molar-refractivity contribution in [2.45, 2.75) is 6.42 Å². The Hall–Kier alpha value is -1.73. The Morgan fingerprint density at radius 1 is 1.42 bits per heavy atom. The van der Waals surface area contributed by atoms with Gasteiger partial charge in [0.25, 0.3) is 11.5 Å². The number of nitrogens with one attached hydrogen (secondary N) is 2. The van der Waals surface area contributed by atoms with Crippen molar-refractivity contribution in [3.05, 3.63) is 28.2 Å². The standard InChI is InChI=1S/C12H18N4O3/c17-11-3-2-10(14-15-11)12(18)13-4-1-5-16-6-8-19-9-7-16/h2-3H,1,4-9H2,(H,13,18)(H,15,17). The zero-order valence-corrected chi connectivity index (χ0v) is 10.7. The van der Waals surface area contributed by atoms with Crippen LogP contribution in [-0.2, 0) is 4.74 Å². The number of aromatic amines is 1. The van der Waals surface area contributed by atoms with Crippen LogP contribution < -0.4 is 10.9 Å². The molecule has 0 atom stereocenters. The molecule has 1 aliphatic rings. The first-order valence-corrected chi connectivity index (χ1v) is 6.40. The maximum absolute atomic E-state index is 11.7. The van der Waals surface area contributed by atoms with Gasteiger partial charge >= 0.3 is 0 Å². The van der Waals surface area contributed by atoms with Crippen LogP contribution in [0.4, 0.5) is 0 Å². The largest absolute Gasteiger partial charge is 0.379 e. The highest BCUT2D eigenvalue weighted by Crippen LogP contribution is 1.97. The summed E-state index contributed by atoms with van der Waals surface area (Å²) in [5, 5.41) is 8.68. The summed E-state index contributed by atoms with van der Waals surface area (Å²) in [7, 11) is 0. The second-order valence-electron chi connectivity index (χ2n) is 4.37. The zero-order chi connectivity index (χ0) is 13.5. The normalized spacial score (nSPS) is 16.2. The fraction of sp³-hybridized carbons (Fsp3) is 0.583. The van der Waals surface area contributed by atoms with Gasteiger partial charge in [-0.3, -0.25) is 14.5 Å². The SMILES string of the molecule is O=C(NCCCN1CCOCC1)c1ccc(=O)[nH]n1.